The van der Waals surface area contributed by atoms with Gasteiger partial charge in [0.25, 0.3) is 0 Å². The highest BCUT2D eigenvalue weighted by Crippen LogP contribution is 2.43. The fraction of sp³-hybridized carbons (Fsp3) is 0.333. The number of anilines is 2. The molecule has 0 spiro atoms. The van der Waals surface area contributed by atoms with E-state index in [0.29, 0.717) is 11.6 Å². The van der Waals surface area contributed by atoms with E-state index in [4.69, 9.17) is 0 Å². The van der Waals surface area contributed by atoms with Gasteiger partial charge >= 0.3 is 0 Å². The van der Waals surface area contributed by atoms with E-state index in [-0.39, 0.29) is 5.41 Å². The molecule has 2 aromatic carbocycles. The lowest BCUT2D eigenvalue weighted by atomic mass is 9.68. The summed E-state index contributed by atoms with van der Waals surface area (Å²) in [6, 6.07) is 17.6. The normalized spacial score (nSPS) is 17.0. The summed E-state index contributed by atoms with van der Waals surface area (Å²) < 4.78 is 0. The average molecular weight is 442 g/mol. The van der Waals surface area contributed by atoms with Crippen molar-refractivity contribution in [2.45, 2.75) is 24.7 Å². The van der Waals surface area contributed by atoms with E-state index < -0.39 is 0 Å². The van der Waals surface area contributed by atoms with Crippen molar-refractivity contribution in [3.05, 3.63) is 82.7 Å². The number of hydrogen-bond acceptors (Lipinski definition) is 5. The number of aromatic nitrogens is 2. The quantitative estimate of drug-likeness (QED) is 0.331. The minimum atomic E-state index is -0.317. The monoisotopic (exact) mass is 441 g/mol. The van der Waals surface area contributed by atoms with E-state index in [9.17, 15) is 5.21 Å². The van der Waals surface area contributed by atoms with Gasteiger partial charge in [-0.25, -0.2) is 0 Å². The summed E-state index contributed by atoms with van der Waals surface area (Å²) in [7, 11) is 8.24. The lowest BCUT2D eigenvalue weighted by Crippen LogP contribution is -2.31. The van der Waals surface area contributed by atoms with Gasteiger partial charge in [0.2, 0.25) is 0 Å². The maximum atomic E-state index is 9.61. The van der Waals surface area contributed by atoms with Gasteiger partial charge in [-0.1, -0.05) is 41.6 Å². The third kappa shape index (κ3) is 3.69. The van der Waals surface area contributed by atoms with Crippen LogP contribution in [0.3, 0.4) is 0 Å². The molecule has 33 heavy (non-hydrogen) atoms. The van der Waals surface area contributed by atoms with Crippen molar-refractivity contribution in [2.24, 2.45) is 11.1 Å². The predicted molar refractivity (Wildman–Crippen MR) is 135 cm³/mol. The molecule has 1 heterocycles. The molecule has 0 atom stereocenters. The Morgan fingerprint density at radius 2 is 1.48 bits per heavy atom. The summed E-state index contributed by atoms with van der Waals surface area (Å²) in [5.41, 5.74) is 8.11. The standard InChI is InChI=1S/C27H31N5O/c1-31(2)21-11-7-19(8-12-21)27(20-9-13-22(14-10-20)32(3)4)16-15-23-24(17-27)28-29-26(23)25(30-33)18-5-6-18/h7-16,18,33H,5-6,17H2,1-4H3,(H,28,29). The van der Waals surface area contributed by atoms with Gasteiger partial charge in [-0.05, 0) is 48.2 Å². The van der Waals surface area contributed by atoms with Crippen molar-refractivity contribution in [1.82, 2.24) is 10.2 Å². The van der Waals surface area contributed by atoms with Gasteiger partial charge in [0.15, 0.2) is 0 Å². The van der Waals surface area contributed by atoms with Crippen LogP contribution in [0.15, 0.2) is 59.8 Å². The van der Waals surface area contributed by atoms with E-state index in [1.54, 1.807) is 0 Å². The first kappa shape index (κ1) is 21.3. The molecule has 0 saturated heterocycles. The van der Waals surface area contributed by atoms with Crippen LogP contribution in [0, 0.1) is 5.92 Å². The fourth-order valence-electron chi connectivity index (χ4n) is 4.82. The molecule has 6 heteroatoms. The molecule has 3 aromatic rings. The maximum absolute atomic E-state index is 9.61. The molecule has 2 N–H and O–H groups in total. The van der Waals surface area contributed by atoms with Gasteiger partial charge in [0.1, 0.15) is 11.4 Å². The van der Waals surface area contributed by atoms with Crippen LogP contribution in [0.1, 0.15) is 40.9 Å². The third-order valence-electron chi connectivity index (χ3n) is 6.99. The maximum Gasteiger partial charge on any atom is 0.117 e. The lowest BCUT2D eigenvalue weighted by molar-refractivity contribution is 0.317. The molecule has 0 aliphatic heterocycles. The largest absolute Gasteiger partial charge is 0.411 e. The number of aromatic amines is 1. The van der Waals surface area contributed by atoms with Crippen molar-refractivity contribution < 1.29 is 5.21 Å². The van der Waals surface area contributed by atoms with Crippen LogP contribution in [0.5, 0.6) is 0 Å². The first-order valence-corrected chi connectivity index (χ1v) is 11.5. The zero-order valence-electron chi connectivity index (χ0n) is 19.7. The van der Waals surface area contributed by atoms with E-state index in [1.807, 2.05) is 0 Å². The molecular weight excluding hydrogens is 410 g/mol. The topological polar surface area (TPSA) is 67.8 Å². The molecule has 0 bridgehead atoms. The number of oxime groups is 1. The number of rotatable bonds is 6. The Bertz CT molecular complexity index is 1150. The summed E-state index contributed by atoms with van der Waals surface area (Å²) in [5, 5.41) is 21.1. The number of allylic oxidation sites excluding steroid dienone is 1. The van der Waals surface area contributed by atoms with Gasteiger partial charge in [-0.3, -0.25) is 5.10 Å². The van der Waals surface area contributed by atoms with E-state index in [1.165, 1.54) is 22.5 Å². The molecule has 170 valence electrons. The molecule has 1 fully saturated rings. The van der Waals surface area contributed by atoms with E-state index in [0.717, 1.165) is 36.2 Å². The molecule has 6 nitrogen and oxygen atoms in total. The van der Waals surface area contributed by atoms with Crippen LogP contribution in [0.4, 0.5) is 11.4 Å². The van der Waals surface area contributed by atoms with E-state index in [2.05, 4.69) is 114 Å². The smallest absolute Gasteiger partial charge is 0.117 e. The predicted octanol–water partition coefficient (Wildman–Crippen LogP) is 4.69. The highest BCUT2D eigenvalue weighted by atomic mass is 16.4. The van der Waals surface area contributed by atoms with Crippen molar-refractivity contribution in [2.75, 3.05) is 38.0 Å². The Morgan fingerprint density at radius 1 is 0.939 bits per heavy atom. The second-order valence-corrected chi connectivity index (χ2v) is 9.59. The molecule has 2 aliphatic carbocycles. The Morgan fingerprint density at radius 3 is 1.94 bits per heavy atom. The molecular formula is C27H31N5O. The Balaban J connectivity index is 1.60. The molecule has 5 rings (SSSR count). The SMILES string of the molecule is CN(C)c1ccc(C2(c3ccc(N(C)C)cc3)C=Cc3c(C(=NO)C4CC4)n[nH]c3C2)cc1. The molecule has 1 aromatic heterocycles. The van der Waals surface area contributed by atoms with Gasteiger partial charge in [0, 0.05) is 68.6 Å². The van der Waals surface area contributed by atoms with Gasteiger partial charge in [-0.2, -0.15) is 5.10 Å². The van der Waals surface area contributed by atoms with Crippen LogP contribution in [-0.2, 0) is 11.8 Å². The summed E-state index contributed by atoms with van der Waals surface area (Å²) >= 11 is 0. The summed E-state index contributed by atoms with van der Waals surface area (Å²) in [6.07, 6.45) is 7.34. The first-order chi connectivity index (χ1) is 15.9. The van der Waals surface area contributed by atoms with Crippen LogP contribution in [0.25, 0.3) is 6.08 Å². The Hall–Kier alpha value is -3.54. The summed E-state index contributed by atoms with van der Waals surface area (Å²) in [4.78, 5) is 4.23. The van der Waals surface area contributed by atoms with Crippen LogP contribution in [0.2, 0.25) is 0 Å². The number of nitrogens with zero attached hydrogens (tertiary/aromatic N) is 4. The van der Waals surface area contributed by atoms with Gasteiger partial charge < -0.3 is 15.0 Å². The molecule has 0 amide bonds. The highest BCUT2D eigenvalue weighted by Gasteiger charge is 2.39. The number of hydrogen-bond donors (Lipinski definition) is 2. The van der Waals surface area contributed by atoms with Crippen molar-refractivity contribution >= 4 is 23.2 Å². The second kappa shape index (κ2) is 8.10. The van der Waals surface area contributed by atoms with Crippen molar-refractivity contribution in [3.8, 4) is 0 Å². The highest BCUT2D eigenvalue weighted by molar-refractivity contribution is 6.04. The van der Waals surface area contributed by atoms with Crippen LogP contribution in [-0.4, -0.2) is 49.3 Å². The second-order valence-electron chi connectivity index (χ2n) is 9.59. The minimum absolute atomic E-state index is 0.317. The fourth-order valence-corrected chi connectivity index (χ4v) is 4.82. The van der Waals surface area contributed by atoms with Gasteiger partial charge in [-0.15, -0.1) is 0 Å². The first-order valence-electron chi connectivity index (χ1n) is 11.5. The third-order valence-corrected chi connectivity index (χ3v) is 6.99. The molecule has 0 unspecified atom stereocenters. The number of fused-ring (bicyclic) bond motifs is 1. The Kier molecular flexibility index (Phi) is 5.23. The number of nitrogens with one attached hydrogen (secondary N) is 1. The number of H-pyrrole nitrogens is 1. The molecule has 1 saturated carbocycles. The van der Waals surface area contributed by atoms with E-state index >= 15 is 0 Å². The average Bonchev–Trinajstić information content (AvgIpc) is 3.59. The zero-order chi connectivity index (χ0) is 23.2. The summed E-state index contributed by atoms with van der Waals surface area (Å²) in [5.74, 6) is 0.319. The number of benzene rings is 2. The molecule has 2 aliphatic rings. The van der Waals surface area contributed by atoms with Crippen LogP contribution >= 0.6 is 0 Å². The van der Waals surface area contributed by atoms with Crippen LogP contribution < -0.4 is 9.80 Å². The Labute approximate surface area is 195 Å². The lowest BCUT2D eigenvalue weighted by Gasteiger charge is -2.35. The van der Waals surface area contributed by atoms with Crippen molar-refractivity contribution in [3.63, 3.8) is 0 Å². The van der Waals surface area contributed by atoms with Crippen molar-refractivity contribution in [1.29, 1.82) is 0 Å². The van der Waals surface area contributed by atoms with Gasteiger partial charge in [0.05, 0.1) is 0 Å². The molecule has 0 radical (unpaired) electrons. The minimum Gasteiger partial charge on any atom is -0.411 e. The summed E-state index contributed by atoms with van der Waals surface area (Å²) in [6.45, 7) is 0. The zero-order valence-corrected chi connectivity index (χ0v) is 19.7.